The Labute approximate surface area is 189 Å². The smallest absolute Gasteiger partial charge is 0.227 e. The first kappa shape index (κ1) is 21.8. The topological polar surface area (TPSA) is 58.6 Å². The van der Waals surface area contributed by atoms with Crippen LogP contribution in [-0.4, -0.2) is 54.3 Å². The van der Waals surface area contributed by atoms with Crippen molar-refractivity contribution in [3.63, 3.8) is 0 Å². The summed E-state index contributed by atoms with van der Waals surface area (Å²) < 4.78 is 5.18. The molecule has 166 valence electrons. The van der Waals surface area contributed by atoms with Crippen LogP contribution in [0.3, 0.4) is 0 Å². The van der Waals surface area contributed by atoms with Gasteiger partial charge in [-0.2, -0.15) is 0 Å². The minimum atomic E-state index is 0.154. The van der Waals surface area contributed by atoms with Crippen LogP contribution >= 0.6 is 0 Å². The molecule has 0 spiro atoms. The summed E-state index contributed by atoms with van der Waals surface area (Å²) >= 11 is 0. The van der Waals surface area contributed by atoms with Crippen molar-refractivity contribution in [2.45, 2.75) is 27.2 Å². The molecule has 6 nitrogen and oxygen atoms in total. The van der Waals surface area contributed by atoms with E-state index in [1.165, 1.54) is 16.7 Å². The van der Waals surface area contributed by atoms with Crippen molar-refractivity contribution in [2.24, 2.45) is 0 Å². The van der Waals surface area contributed by atoms with E-state index in [4.69, 9.17) is 4.74 Å². The fraction of sp³-hybridized carbons (Fsp3) is 0.346. The Hall–Kier alpha value is -3.41. The molecular formula is C26H30N4O2. The number of carbonyl (C=O) groups is 1. The molecule has 2 aromatic carbocycles. The number of aromatic nitrogens is 2. The Morgan fingerprint density at radius 1 is 0.875 bits per heavy atom. The lowest BCUT2D eigenvalue weighted by molar-refractivity contribution is -0.130. The number of nitrogens with zero attached hydrogens (tertiary/aromatic N) is 4. The first-order valence-electron chi connectivity index (χ1n) is 11.0. The van der Waals surface area contributed by atoms with Gasteiger partial charge in [0.05, 0.1) is 19.2 Å². The van der Waals surface area contributed by atoms with E-state index in [1.807, 2.05) is 41.3 Å². The van der Waals surface area contributed by atoms with Crippen molar-refractivity contribution in [3.8, 4) is 17.0 Å². The molecule has 1 aliphatic heterocycles. The summed E-state index contributed by atoms with van der Waals surface area (Å²) in [5, 5.41) is 8.98. The maximum Gasteiger partial charge on any atom is 0.227 e. The van der Waals surface area contributed by atoms with Crippen molar-refractivity contribution in [1.82, 2.24) is 15.1 Å². The average molecular weight is 431 g/mol. The van der Waals surface area contributed by atoms with Gasteiger partial charge in [0.25, 0.3) is 0 Å². The summed E-state index contributed by atoms with van der Waals surface area (Å²) in [5.41, 5.74) is 6.77. The van der Waals surface area contributed by atoms with Crippen molar-refractivity contribution in [2.75, 3.05) is 38.2 Å². The van der Waals surface area contributed by atoms with E-state index < -0.39 is 0 Å². The number of aryl methyl sites for hydroxylation is 3. The van der Waals surface area contributed by atoms with Gasteiger partial charge in [-0.25, -0.2) is 0 Å². The fourth-order valence-electron chi connectivity index (χ4n) is 4.09. The second-order valence-electron chi connectivity index (χ2n) is 8.42. The highest BCUT2D eigenvalue weighted by Gasteiger charge is 2.22. The number of rotatable bonds is 5. The molecule has 1 saturated heterocycles. The number of anilines is 1. The summed E-state index contributed by atoms with van der Waals surface area (Å²) in [5.74, 6) is 1.81. The lowest BCUT2D eigenvalue weighted by Gasteiger charge is -2.35. The van der Waals surface area contributed by atoms with Crippen LogP contribution in [0.15, 0.2) is 48.5 Å². The first-order valence-corrected chi connectivity index (χ1v) is 11.0. The molecule has 0 bridgehead atoms. The van der Waals surface area contributed by atoms with Crippen molar-refractivity contribution in [1.29, 1.82) is 0 Å². The summed E-state index contributed by atoms with van der Waals surface area (Å²) in [6.45, 7) is 9.25. The summed E-state index contributed by atoms with van der Waals surface area (Å²) in [4.78, 5) is 16.8. The van der Waals surface area contributed by atoms with Gasteiger partial charge >= 0.3 is 0 Å². The van der Waals surface area contributed by atoms with Gasteiger partial charge in [0.1, 0.15) is 5.75 Å². The number of methoxy groups -OCH3 is 1. The zero-order valence-electron chi connectivity index (χ0n) is 19.3. The van der Waals surface area contributed by atoms with E-state index in [9.17, 15) is 4.79 Å². The van der Waals surface area contributed by atoms with Crippen LogP contribution in [0.2, 0.25) is 0 Å². The molecule has 1 amide bonds. The Bertz CT molecular complexity index is 1090. The van der Waals surface area contributed by atoms with Crippen LogP contribution in [0.4, 0.5) is 5.82 Å². The molecule has 1 aromatic heterocycles. The monoisotopic (exact) mass is 430 g/mol. The molecule has 0 N–H and O–H groups in total. The van der Waals surface area contributed by atoms with Gasteiger partial charge in [-0.1, -0.05) is 18.2 Å². The third-order valence-corrected chi connectivity index (χ3v) is 6.24. The van der Waals surface area contributed by atoms with Gasteiger partial charge < -0.3 is 14.5 Å². The van der Waals surface area contributed by atoms with Crippen LogP contribution < -0.4 is 9.64 Å². The maximum atomic E-state index is 12.7. The van der Waals surface area contributed by atoms with E-state index in [1.54, 1.807) is 7.11 Å². The van der Waals surface area contributed by atoms with Gasteiger partial charge in [0.15, 0.2) is 5.82 Å². The Balaban J connectivity index is 1.36. The standard InChI is InChI=1S/C26H30N4O2/c1-18-15-20(3)23(16-19(18)2)24-9-10-25(28-27-24)29-11-13-30(14-12-29)26(31)17-21-5-7-22(32-4)8-6-21/h5-10,15-16H,11-14,17H2,1-4H3. The summed E-state index contributed by atoms with van der Waals surface area (Å²) in [6, 6.07) is 16.1. The van der Waals surface area contributed by atoms with Gasteiger partial charge in [-0.3, -0.25) is 4.79 Å². The largest absolute Gasteiger partial charge is 0.497 e. The van der Waals surface area contributed by atoms with E-state index >= 15 is 0 Å². The van der Waals surface area contributed by atoms with Gasteiger partial charge in [0.2, 0.25) is 5.91 Å². The highest BCUT2D eigenvalue weighted by atomic mass is 16.5. The molecule has 0 radical (unpaired) electrons. The predicted octanol–water partition coefficient (Wildman–Crippen LogP) is 3.97. The predicted molar refractivity (Wildman–Crippen MR) is 127 cm³/mol. The highest BCUT2D eigenvalue weighted by Crippen LogP contribution is 2.25. The lowest BCUT2D eigenvalue weighted by atomic mass is 9.99. The quantitative estimate of drug-likeness (QED) is 0.613. The van der Waals surface area contributed by atoms with E-state index in [0.29, 0.717) is 19.5 Å². The van der Waals surface area contributed by atoms with Crippen LogP contribution in [0.25, 0.3) is 11.3 Å². The Kier molecular flexibility index (Phi) is 6.40. The SMILES string of the molecule is COc1ccc(CC(=O)N2CCN(c3ccc(-c4cc(C)c(C)cc4C)nn3)CC2)cc1. The normalized spacial score (nSPS) is 13.9. The van der Waals surface area contributed by atoms with Gasteiger partial charge in [0, 0.05) is 31.7 Å². The molecule has 4 rings (SSSR count). The number of amides is 1. The minimum absolute atomic E-state index is 0.154. The van der Waals surface area contributed by atoms with Crippen LogP contribution in [0.1, 0.15) is 22.3 Å². The summed E-state index contributed by atoms with van der Waals surface area (Å²) in [6.07, 6.45) is 0.411. The number of hydrogen-bond acceptors (Lipinski definition) is 5. The molecule has 0 aliphatic carbocycles. The number of benzene rings is 2. The summed E-state index contributed by atoms with van der Waals surface area (Å²) in [7, 11) is 1.64. The minimum Gasteiger partial charge on any atom is -0.497 e. The van der Waals surface area contributed by atoms with E-state index in [2.05, 4.69) is 48.0 Å². The maximum absolute atomic E-state index is 12.7. The van der Waals surface area contributed by atoms with Crippen molar-refractivity contribution in [3.05, 3.63) is 70.8 Å². The van der Waals surface area contributed by atoms with Gasteiger partial charge in [-0.15, -0.1) is 10.2 Å². The van der Waals surface area contributed by atoms with Crippen LogP contribution in [0.5, 0.6) is 5.75 Å². The van der Waals surface area contributed by atoms with Crippen molar-refractivity contribution < 1.29 is 9.53 Å². The first-order chi connectivity index (χ1) is 15.4. The Morgan fingerprint density at radius 3 is 2.19 bits per heavy atom. The number of carbonyl (C=O) groups excluding carboxylic acids is 1. The van der Waals surface area contributed by atoms with Crippen LogP contribution in [-0.2, 0) is 11.2 Å². The molecule has 32 heavy (non-hydrogen) atoms. The molecule has 0 atom stereocenters. The Morgan fingerprint density at radius 2 is 1.56 bits per heavy atom. The fourth-order valence-corrected chi connectivity index (χ4v) is 4.09. The molecule has 1 aliphatic rings. The number of ether oxygens (including phenoxy) is 1. The van der Waals surface area contributed by atoms with E-state index in [-0.39, 0.29) is 5.91 Å². The van der Waals surface area contributed by atoms with Crippen molar-refractivity contribution >= 4 is 11.7 Å². The molecule has 6 heteroatoms. The second-order valence-corrected chi connectivity index (χ2v) is 8.42. The molecule has 1 fully saturated rings. The number of piperazine rings is 1. The third-order valence-electron chi connectivity index (χ3n) is 6.24. The second kappa shape index (κ2) is 9.39. The molecule has 3 aromatic rings. The average Bonchev–Trinajstić information content (AvgIpc) is 2.82. The molecule has 0 saturated carbocycles. The zero-order chi connectivity index (χ0) is 22.7. The van der Waals surface area contributed by atoms with Crippen LogP contribution in [0, 0.1) is 20.8 Å². The van der Waals surface area contributed by atoms with E-state index in [0.717, 1.165) is 41.5 Å². The zero-order valence-corrected chi connectivity index (χ0v) is 19.3. The number of hydrogen-bond donors (Lipinski definition) is 0. The lowest BCUT2D eigenvalue weighted by Crippen LogP contribution is -2.49. The van der Waals surface area contributed by atoms with Gasteiger partial charge in [-0.05, 0) is 73.4 Å². The highest BCUT2D eigenvalue weighted by molar-refractivity contribution is 5.79. The molecule has 0 unspecified atom stereocenters. The molecule has 2 heterocycles. The third kappa shape index (κ3) is 4.74. The molecular weight excluding hydrogens is 400 g/mol.